The second-order valence-electron chi connectivity index (χ2n) is 7.54. The average molecular weight is 329 g/mol. The lowest BCUT2D eigenvalue weighted by Gasteiger charge is -2.35. The molecule has 1 saturated carbocycles. The fourth-order valence-electron chi connectivity index (χ4n) is 2.74. The molecule has 2 unspecified atom stereocenters. The molecule has 0 aromatic heterocycles. The van der Waals surface area contributed by atoms with E-state index in [0.29, 0.717) is 0 Å². The molecule has 1 aliphatic heterocycles. The maximum absolute atomic E-state index is 13.9. The van der Waals surface area contributed by atoms with Crippen LogP contribution in [0.15, 0.2) is 0 Å². The fraction of sp³-hybridized carbons (Fsp3) is 0.800. The number of nitrogens with zero attached hydrogens (tertiary/aromatic N) is 1. The number of amides is 3. The highest BCUT2D eigenvalue weighted by molar-refractivity contribution is 5.95. The van der Waals surface area contributed by atoms with Gasteiger partial charge in [-0.15, -0.1) is 0 Å². The van der Waals surface area contributed by atoms with Crippen LogP contribution in [-0.2, 0) is 14.4 Å². The number of primary amides is 1. The molecule has 0 radical (unpaired) electrons. The molecular weight excluding hydrogens is 305 g/mol. The van der Waals surface area contributed by atoms with Crippen LogP contribution in [0.3, 0.4) is 0 Å². The summed E-state index contributed by atoms with van der Waals surface area (Å²) in [5, 5.41) is 12.2. The lowest BCUT2D eigenvalue weighted by atomic mass is 9.85. The molecule has 1 heterocycles. The summed E-state index contributed by atoms with van der Waals surface area (Å²) in [6, 6.07) is -1.92. The number of hydrogen-bond donors (Lipinski definition) is 3. The predicted molar refractivity (Wildman–Crippen MR) is 79.8 cm³/mol. The number of aliphatic hydroxyl groups excluding tert-OH is 1. The van der Waals surface area contributed by atoms with E-state index >= 15 is 0 Å². The van der Waals surface area contributed by atoms with Crippen LogP contribution in [0.5, 0.6) is 0 Å². The van der Waals surface area contributed by atoms with Crippen molar-refractivity contribution in [3.8, 4) is 0 Å². The monoisotopic (exact) mass is 329 g/mol. The third kappa shape index (κ3) is 3.63. The second-order valence-corrected chi connectivity index (χ2v) is 7.54. The summed E-state index contributed by atoms with van der Waals surface area (Å²) in [5.41, 5.74) is 2.71. The number of β-amino-alcohol motifs (C(OH)–C–C–N with tert-alkyl or cyclic N) is 1. The Balaban J connectivity index is 2.19. The van der Waals surface area contributed by atoms with E-state index in [-0.39, 0.29) is 25.8 Å². The molecular formula is C15H24FN3O4. The van der Waals surface area contributed by atoms with Crippen LogP contribution in [0, 0.1) is 5.41 Å². The number of halogens is 1. The second kappa shape index (κ2) is 5.74. The first kappa shape index (κ1) is 17.7. The smallest absolute Gasteiger partial charge is 0.258 e. The molecule has 3 atom stereocenters. The molecule has 0 bridgehead atoms. The van der Waals surface area contributed by atoms with Crippen molar-refractivity contribution < 1.29 is 23.9 Å². The van der Waals surface area contributed by atoms with Gasteiger partial charge in [-0.05, 0) is 18.3 Å². The van der Waals surface area contributed by atoms with Crippen LogP contribution in [0.2, 0.25) is 0 Å². The Labute approximate surface area is 134 Å². The van der Waals surface area contributed by atoms with Gasteiger partial charge in [0.25, 0.3) is 5.91 Å². The molecule has 2 aliphatic rings. The van der Waals surface area contributed by atoms with Crippen LogP contribution >= 0.6 is 0 Å². The van der Waals surface area contributed by atoms with Crippen LogP contribution < -0.4 is 11.1 Å². The Morgan fingerprint density at radius 3 is 2.35 bits per heavy atom. The number of nitrogens with two attached hydrogens (primary N) is 1. The van der Waals surface area contributed by atoms with Gasteiger partial charge < -0.3 is 21.1 Å². The van der Waals surface area contributed by atoms with Gasteiger partial charge in [0.05, 0.1) is 6.10 Å². The number of alkyl halides is 1. The zero-order valence-electron chi connectivity index (χ0n) is 13.6. The maximum atomic E-state index is 13.9. The molecule has 0 spiro atoms. The minimum Gasteiger partial charge on any atom is -0.391 e. The number of carbonyl (C=O) groups is 3. The molecule has 130 valence electrons. The van der Waals surface area contributed by atoms with Crippen molar-refractivity contribution in [2.24, 2.45) is 11.1 Å². The van der Waals surface area contributed by atoms with Crippen LogP contribution in [0.1, 0.15) is 40.0 Å². The van der Waals surface area contributed by atoms with Gasteiger partial charge in [-0.3, -0.25) is 14.4 Å². The van der Waals surface area contributed by atoms with Crippen molar-refractivity contribution in [2.75, 3.05) is 6.54 Å². The van der Waals surface area contributed by atoms with Crippen molar-refractivity contribution in [1.82, 2.24) is 10.2 Å². The van der Waals surface area contributed by atoms with E-state index in [9.17, 15) is 23.9 Å². The van der Waals surface area contributed by atoms with Gasteiger partial charge in [-0.1, -0.05) is 20.8 Å². The minimum absolute atomic E-state index is 0.0321. The molecule has 2 fully saturated rings. The quantitative estimate of drug-likeness (QED) is 0.643. The first-order chi connectivity index (χ1) is 10.5. The molecule has 0 aromatic carbocycles. The third-order valence-corrected chi connectivity index (χ3v) is 4.37. The number of carbonyl (C=O) groups excluding carboxylic acids is 3. The van der Waals surface area contributed by atoms with E-state index in [1.165, 1.54) is 4.90 Å². The number of aliphatic hydroxyl groups is 1. The first-order valence-electron chi connectivity index (χ1n) is 7.73. The van der Waals surface area contributed by atoms with E-state index in [2.05, 4.69) is 5.32 Å². The highest BCUT2D eigenvalue weighted by Crippen LogP contribution is 2.40. The first-order valence-corrected chi connectivity index (χ1v) is 7.73. The number of nitrogens with one attached hydrogen (secondary N) is 1. The Morgan fingerprint density at radius 2 is 1.91 bits per heavy atom. The number of rotatable bonds is 4. The van der Waals surface area contributed by atoms with Crippen molar-refractivity contribution in [2.45, 2.75) is 63.9 Å². The van der Waals surface area contributed by atoms with E-state index in [0.717, 1.165) is 0 Å². The van der Waals surface area contributed by atoms with Crippen molar-refractivity contribution in [3.63, 3.8) is 0 Å². The Bertz CT molecular complexity index is 527. The van der Waals surface area contributed by atoms with Crippen molar-refractivity contribution >= 4 is 17.7 Å². The highest BCUT2D eigenvalue weighted by atomic mass is 19.1. The van der Waals surface area contributed by atoms with Gasteiger partial charge in [0.1, 0.15) is 12.1 Å². The van der Waals surface area contributed by atoms with Crippen molar-refractivity contribution in [1.29, 1.82) is 0 Å². The molecule has 7 nitrogen and oxygen atoms in total. The molecule has 1 aliphatic carbocycles. The average Bonchev–Trinajstić information content (AvgIpc) is 3.04. The summed E-state index contributed by atoms with van der Waals surface area (Å²) in [7, 11) is 0. The predicted octanol–water partition coefficient (Wildman–Crippen LogP) is -0.533. The minimum atomic E-state index is -1.89. The van der Waals surface area contributed by atoms with E-state index in [1.54, 1.807) is 20.8 Å². The summed E-state index contributed by atoms with van der Waals surface area (Å²) in [6.45, 7) is 5.17. The third-order valence-electron chi connectivity index (χ3n) is 4.37. The van der Waals surface area contributed by atoms with Gasteiger partial charge in [0.2, 0.25) is 11.8 Å². The van der Waals surface area contributed by atoms with E-state index < -0.39 is 47.0 Å². The summed E-state index contributed by atoms with van der Waals surface area (Å²) < 4.78 is 13.9. The van der Waals surface area contributed by atoms with Crippen molar-refractivity contribution in [3.05, 3.63) is 0 Å². The van der Waals surface area contributed by atoms with Gasteiger partial charge in [-0.25, -0.2) is 4.39 Å². The Morgan fingerprint density at radius 1 is 1.35 bits per heavy atom. The van der Waals surface area contributed by atoms with Crippen LogP contribution in [-0.4, -0.2) is 58.1 Å². The normalized spacial score (nSPS) is 27.4. The summed E-state index contributed by atoms with van der Waals surface area (Å²) in [4.78, 5) is 37.5. The SMILES string of the molecule is CC(C)(C)C(NC(=O)C1(F)CC1)C(=O)N1CC(O)C[C@H]1C(N)=O. The van der Waals surface area contributed by atoms with Gasteiger partial charge in [0, 0.05) is 13.0 Å². The molecule has 0 aromatic rings. The molecule has 1 saturated heterocycles. The lowest BCUT2D eigenvalue weighted by molar-refractivity contribution is -0.144. The molecule has 4 N–H and O–H groups in total. The van der Waals surface area contributed by atoms with Gasteiger partial charge in [-0.2, -0.15) is 0 Å². The topological polar surface area (TPSA) is 113 Å². The number of hydrogen-bond acceptors (Lipinski definition) is 4. The molecule has 3 amide bonds. The zero-order chi connectivity index (χ0) is 17.6. The molecule has 8 heteroatoms. The fourth-order valence-corrected chi connectivity index (χ4v) is 2.74. The van der Waals surface area contributed by atoms with Gasteiger partial charge >= 0.3 is 0 Å². The maximum Gasteiger partial charge on any atom is 0.258 e. The summed E-state index contributed by atoms with van der Waals surface area (Å²) in [5.74, 6) is -2.05. The summed E-state index contributed by atoms with van der Waals surface area (Å²) in [6.07, 6.45) is -0.477. The zero-order valence-corrected chi connectivity index (χ0v) is 13.6. The Hall–Kier alpha value is -1.70. The number of likely N-dealkylation sites (tertiary alicyclic amines) is 1. The van der Waals surface area contributed by atoms with Gasteiger partial charge in [0.15, 0.2) is 5.67 Å². The Kier molecular flexibility index (Phi) is 4.40. The molecule has 2 rings (SSSR count). The lowest BCUT2D eigenvalue weighted by Crippen LogP contribution is -2.58. The van der Waals surface area contributed by atoms with Crippen LogP contribution in [0.25, 0.3) is 0 Å². The highest BCUT2D eigenvalue weighted by Gasteiger charge is 2.53. The largest absolute Gasteiger partial charge is 0.391 e. The molecule has 23 heavy (non-hydrogen) atoms. The summed E-state index contributed by atoms with van der Waals surface area (Å²) >= 11 is 0. The van der Waals surface area contributed by atoms with E-state index in [1.807, 2.05) is 0 Å². The standard InChI is InChI=1S/C15H24FN3O4/c1-14(2,3)10(18-13(23)15(16)4-5-15)12(22)19-7-8(20)6-9(19)11(17)21/h8-10,20H,4-7H2,1-3H3,(H2,17,21)(H,18,23)/t8?,9-,10?/m0/s1. The van der Waals surface area contributed by atoms with Crippen LogP contribution in [0.4, 0.5) is 4.39 Å². The van der Waals surface area contributed by atoms with E-state index in [4.69, 9.17) is 5.73 Å².